The molecule has 0 fully saturated rings. The van der Waals surface area contributed by atoms with Gasteiger partial charge in [0.2, 0.25) is 0 Å². The van der Waals surface area contributed by atoms with Gasteiger partial charge in [0, 0.05) is 6.61 Å². The fraction of sp³-hybridized carbons (Fsp3) is 0.733. The lowest BCUT2D eigenvalue weighted by atomic mass is 9.80. The van der Waals surface area contributed by atoms with Crippen molar-refractivity contribution < 1.29 is 10.2 Å². The first kappa shape index (κ1) is 16.4. The Labute approximate surface area is 106 Å². The summed E-state index contributed by atoms with van der Waals surface area (Å²) in [5, 5.41) is 18.9. The molecule has 17 heavy (non-hydrogen) atoms. The largest absolute Gasteiger partial charge is 0.396 e. The van der Waals surface area contributed by atoms with Crippen LogP contribution in [-0.2, 0) is 0 Å². The van der Waals surface area contributed by atoms with Crippen LogP contribution >= 0.6 is 0 Å². The molecule has 100 valence electrons. The third kappa shape index (κ3) is 7.35. The average Bonchev–Trinajstić information content (AvgIpc) is 2.26. The number of unbranched alkanes of at least 4 members (excludes halogenated alkanes) is 1. The van der Waals surface area contributed by atoms with Crippen molar-refractivity contribution in [2.45, 2.75) is 59.0 Å². The van der Waals surface area contributed by atoms with E-state index >= 15 is 0 Å². The van der Waals surface area contributed by atoms with E-state index in [0.717, 1.165) is 31.3 Å². The molecular formula is C15H28O2. The van der Waals surface area contributed by atoms with Gasteiger partial charge in [-0.2, -0.15) is 0 Å². The lowest BCUT2D eigenvalue weighted by molar-refractivity contribution is 0.164. The zero-order chi connectivity index (χ0) is 13.3. The molecule has 2 nitrogen and oxygen atoms in total. The van der Waals surface area contributed by atoms with Crippen LogP contribution < -0.4 is 0 Å². The summed E-state index contributed by atoms with van der Waals surface area (Å²) >= 11 is 0. The molecule has 0 amide bonds. The molecule has 0 saturated heterocycles. The minimum Gasteiger partial charge on any atom is -0.396 e. The minimum atomic E-state index is -0.424. The smallest absolute Gasteiger partial charge is 0.0745 e. The predicted octanol–water partition coefficient (Wildman–Crippen LogP) is 3.45. The first-order valence-corrected chi connectivity index (χ1v) is 6.57. The second-order valence-corrected chi connectivity index (χ2v) is 5.22. The maximum atomic E-state index is 9.74. The molecule has 2 unspecified atom stereocenters. The summed E-state index contributed by atoms with van der Waals surface area (Å²) in [7, 11) is 0. The van der Waals surface area contributed by atoms with Crippen molar-refractivity contribution >= 4 is 0 Å². The molecule has 0 radical (unpaired) electrons. The van der Waals surface area contributed by atoms with E-state index in [4.69, 9.17) is 5.11 Å². The van der Waals surface area contributed by atoms with E-state index in [2.05, 4.69) is 32.6 Å². The number of aliphatic hydroxyl groups excluding tert-OH is 2. The van der Waals surface area contributed by atoms with Crippen molar-refractivity contribution in [3.63, 3.8) is 0 Å². The van der Waals surface area contributed by atoms with E-state index in [1.165, 1.54) is 0 Å². The molecule has 0 aliphatic rings. The zero-order valence-corrected chi connectivity index (χ0v) is 11.6. The SMILES string of the molecule is C=C(C)C(O)CCC(C)(/C=C/CCC)CCO. The monoisotopic (exact) mass is 240 g/mol. The molecule has 2 atom stereocenters. The molecular weight excluding hydrogens is 212 g/mol. The molecule has 0 aromatic rings. The van der Waals surface area contributed by atoms with Gasteiger partial charge in [-0.25, -0.2) is 0 Å². The molecule has 0 aliphatic carbocycles. The first-order chi connectivity index (χ1) is 7.95. The summed E-state index contributed by atoms with van der Waals surface area (Å²) in [6, 6.07) is 0. The third-order valence-corrected chi connectivity index (χ3v) is 3.22. The fourth-order valence-corrected chi connectivity index (χ4v) is 1.79. The van der Waals surface area contributed by atoms with Crippen molar-refractivity contribution in [3.05, 3.63) is 24.3 Å². The number of allylic oxidation sites excluding steroid dienone is 2. The molecule has 2 N–H and O–H groups in total. The summed E-state index contributed by atoms with van der Waals surface area (Å²) in [6.07, 6.45) is 8.50. The molecule has 0 bridgehead atoms. The van der Waals surface area contributed by atoms with Gasteiger partial charge in [0.25, 0.3) is 0 Å². The molecule has 0 saturated carbocycles. The van der Waals surface area contributed by atoms with Crippen molar-refractivity contribution in [2.75, 3.05) is 6.61 Å². The second kappa shape index (κ2) is 8.48. The van der Waals surface area contributed by atoms with Gasteiger partial charge in [-0.05, 0) is 38.0 Å². The Morgan fingerprint density at radius 2 is 2.06 bits per heavy atom. The first-order valence-electron chi connectivity index (χ1n) is 6.57. The zero-order valence-electron chi connectivity index (χ0n) is 11.6. The summed E-state index contributed by atoms with van der Waals surface area (Å²) in [6.45, 7) is 10.1. The molecule has 0 rings (SSSR count). The molecule has 0 heterocycles. The topological polar surface area (TPSA) is 40.5 Å². The normalized spacial score (nSPS) is 17.0. The highest BCUT2D eigenvalue weighted by atomic mass is 16.3. The van der Waals surface area contributed by atoms with Gasteiger partial charge in [0.1, 0.15) is 0 Å². The number of hydrogen-bond acceptors (Lipinski definition) is 2. The van der Waals surface area contributed by atoms with Gasteiger partial charge in [-0.3, -0.25) is 0 Å². The predicted molar refractivity (Wildman–Crippen MR) is 73.9 cm³/mol. The Morgan fingerprint density at radius 1 is 1.41 bits per heavy atom. The highest BCUT2D eigenvalue weighted by Crippen LogP contribution is 2.30. The molecule has 0 spiro atoms. The third-order valence-electron chi connectivity index (χ3n) is 3.22. The van der Waals surface area contributed by atoms with Crippen molar-refractivity contribution in [2.24, 2.45) is 5.41 Å². The van der Waals surface area contributed by atoms with Gasteiger partial charge >= 0.3 is 0 Å². The maximum absolute atomic E-state index is 9.74. The van der Waals surface area contributed by atoms with Crippen molar-refractivity contribution in [1.82, 2.24) is 0 Å². The van der Waals surface area contributed by atoms with Gasteiger partial charge < -0.3 is 10.2 Å². The minimum absolute atomic E-state index is 0.0135. The van der Waals surface area contributed by atoms with E-state index in [0.29, 0.717) is 6.42 Å². The summed E-state index contributed by atoms with van der Waals surface area (Å²) in [4.78, 5) is 0. The molecule has 0 aliphatic heterocycles. The number of aliphatic hydroxyl groups is 2. The molecule has 2 heteroatoms. The van der Waals surface area contributed by atoms with Gasteiger partial charge in [-0.1, -0.05) is 44.6 Å². The summed E-state index contributed by atoms with van der Waals surface area (Å²) < 4.78 is 0. The van der Waals surface area contributed by atoms with Crippen LogP contribution in [-0.4, -0.2) is 22.9 Å². The van der Waals surface area contributed by atoms with Crippen LogP contribution in [0, 0.1) is 5.41 Å². The van der Waals surface area contributed by atoms with E-state index in [9.17, 15) is 5.11 Å². The van der Waals surface area contributed by atoms with Crippen LogP contribution in [0.3, 0.4) is 0 Å². The number of hydrogen-bond donors (Lipinski definition) is 2. The molecule has 0 aromatic heterocycles. The van der Waals surface area contributed by atoms with Gasteiger partial charge in [0.15, 0.2) is 0 Å². The lowest BCUT2D eigenvalue weighted by Gasteiger charge is -2.26. The Bertz CT molecular complexity index is 245. The lowest BCUT2D eigenvalue weighted by Crippen LogP contribution is -2.19. The van der Waals surface area contributed by atoms with E-state index < -0.39 is 6.10 Å². The van der Waals surface area contributed by atoms with Gasteiger partial charge in [0.05, 0.1) is 6.10 Å². The Morgan fingerprint density at radius 3 is 2.53 bits per heavy atom. The number of rotatable bonds is 9. The van der Waals surface area contributed by atoms with Gasteiger partial charge in [-0.15, -0.1) is 0 Å². The Balaban J connectivity index is 4.34. The second-order valence-electron chi connectivity index (χ2n) is 5.22. The van der Waals surface area contributed by atoms with Crippen LogP contribution in [0.4, 0.5) is 0 Å². The quantitative estimate of drug-likeness (QED) is 0.606. The average molecular weight is 240 g/mol. The Kier molecular flexibility index (Phi) is 8.19. The summed E-state index contributed by atoms with van der Waals surface area (Å²) in [5.74, 6) is 0. The fourth-order valence-electron chi connectivity index (χ4n) is 1.79. The maximum Gasteiger partial charge on any atom is 0.0745 e. The van der Waals surface area contributed by atoms with Crippen LogP contribution in [0.2, 0.25) is 0 Å². The highest BCUT2D eigenvalue weighted by molar-refractivity contribution is 5.01. The highest BCUT2D eigenvalue weighted by Gasteiger charge is 2.21. The van der Waals surface area contributed by atoms with E-state index in [1.54, 1.807) is 0 Å². The van der Waals surface area contributed by atoms with E-state index in [-0.39, 0.29) is 12.0 Å². The van der Waals surface area contributed by atoms with Crippen LogP contribution in [0.15, 0.2) is 24.3 Å². The van der Waals surface area contributed by atoms with Crippen LogP contribution in [0.5, 0.6) is 0 Å². The van der Waals surface area contributed by atoms with Crippen molar-refractivity contribution in [1.29, 1.82) is 0 Å². The Hall–Kier alpha value is -0.600. The van der Waals surface area contributed by atoms with Crippen LogP contribution in [0.1, 0.15) is 52.9 Å². The standard InChI is InChI=1S/C15H28O2/c1-5-6-7-9-15(4,11-12-16)10-8-14(17)13(2)3/h7,9,14,16-17H,2,5-6,8,10-12H2,1,3-4H3/b9-7+. The van der Waals surface area contributed by atoms with E-state index in [1.807, 2.05) is 6.92 Å². The molecule has 0 aromatic carbocycles. The summed E-state index contributed by atoms with van der Waals surface area (Å²) in [5.41, 5.74) is 0.800. The van der Waals surface area contributed by atoms with Crippen molar-refractivity contribution in [3.8, 4) is 0 Å². The van der Waals surface area contributed by atoms with Crippen LogP contribution in [0.25, 0.3) is 0 Å².